The van der Waals surface area contributed by atoms with Crippen molar-refractivity contribution in [1.82, 2.24) is 5.32 Å². The van der Waals surface area contributed by atoms with E-state index in [0.717, 1.165) is 12.3 Å². The topological polar surface area (TPSA) is 12.0 Å². The lowest BCUT2D eigenvalue weighted by molar-refractivity contribution is 0.626. The molecule has 0 aromatic heterocycles. The molecule has 0 aliphatic carbocycles. The molecule has 1 fully saturated rings. The molecule has 1 aliphatic heterocycles. The second-order valence-electron chi connectivity index (χ2n) is 2.76. The highest BCUT2D eigenvalue weighted by Gasteiger charge is 2.15. The van der Waals surface area contributed by atoms with Crippen LogP contribution in [0.3, 0.4) is 0 Å². The van der Waals surface area contributed by atoms with Crippen molar-refractivity contribution in [3.63, 3.8) is 0 Å². The summed E-state index contributed by atoms with van der Waals surface area (Å²) in [5, 5.41) is 3.70. The van der Waals surface area contributed by atoms with Crippen molar-refractivity contribution < 1.29 is 4.39 Å². The van der Waals surface area contributed by atoms with Gasteiger partial charge in [-0.15, -0.1) is 11.8 Å². The molecular weight excluding hydrogens is 173 g/mol. The Labute approximate surface area is 75.4 Å². The highest BCUT2D eigenvalue weighted by molar-refractivity contribution is 7.99. The van der Waals surface area contributed by atoms with Gasteiger partial charge in [-0.1, -0.05) is 12.1 Å². The number of nitrogens with one attached hydrogen (secondary N) is 1. The predicted molar refractivity (Wildman–Crippen MR) is 49.6 cm³/mol. The minimum absolute atomic E-state index is 0.165. The summed E-state index contributed by atoms with van der Waals surface area (Å²) in [6.45, 7) is 1.05. The van der Waals surface area contributed by atoms with Crippen LogP contribution >= 0.6 is 11.8 Å². The Balaban J connectivity index is 2.17. The molecule has 1 nitrogen and oxygen atoms in total. The van der Waals surface area contributed by atoms with Gasteiger partial charge in [0.25, 0.3) is 0 Å². The van der Waals surface area contributed by atoms with E-state index >= 15 is 0 Å². The van der Waals surface area contributed by atoms with Crippen molar-refractivity contribution in [3.05, 3.63) is 35.6 Å². The molecule has 0 unspecified atom stereocenters. The van der Waals surface area contributed by atoms with E-state index in [9.17, 15) is 4.39 Å². The molecule has 1 aromatic carbocycles. The van der Waals surface area contributed by atoms with E-state index in [1.54, 1.807) is 0 Å². The van der Waals surface area contributed by atoms with Crippen LogP contribution in [0.4, 0.5) is 4.39 Å². The molecule has 1 aromatic rings. The summed E-state index contributed by atoms with van der Waals surface area (Å²) in [6.07, 6.45) is 0. The Morgan fingerprint density at radius 1 is 1.33 bits per heavy atom. The molecule has 0 amide bonds. The van der Waals surface area contributed by atoms with Gasteiger partial charge in [0.05, 0.1) is 5.37 Å². The molecule has 0 bridgehead atoms. The minimum Gasteiger partial charge on any atom is -0.301 e. The molecule has 0 saturated carbocycles. The largest absolute Gasteiger partial charge is 0.301 e. The Hall–Kier alpha value is -0.540. The van der Waals surface area contributed by atoms with E-state index in [0.29, 0.717) is 5.37 Å². The standard InChI is InChI=1S/C9H10FNS/c10-8-3-1-7(2-4-8)9-11-5-6-12-9/h1-4,9,11H,5-6H2/t9-/m0/s1. The van der Waals surface area contributed by atoms with Gasteiger partial charge in [-0.05, 0) is 17.7 Å². The molecule has 1 atom stereocenters. The van der Waals surface area contributed by atoms with Gasteiger partial charge in [0.1, 0.15) is 5.82 Å². The van der Waals surface area contributed by atoms with Crippen LogP contribution in [-0.4, -0.2) is 12.3 Å². The second-order valence-corrected chi connectivity index (χ2v) is 3.97. The Bertz CT molecular complexity index is 254. The van der Waals surface area contributed by atoms with Gasteiger partial charge in [0, 0.05) is 12.3 Å². The quantitative estimate of drug-likeness (QED) is 0.716. The maximum absolute atomic E-state index is 12.5. The SMILES string of the molecule is Fc1ccc([C@H]2NCCS2)cc1. The number of hydrogen-bond donors (Lipinski definition) is 1. The van der Waals surface area contributed by atoms with Crippen molar-refractivity contribution in [1.29, 1.82) is 0 Å². The van der Waals surface area contributed by atoms with E-state index in [1.165, 1.54) is 17.7 Å². The molecule has 0 spiro atoms. The first-order chi connectivity index (χ1) is 5.86. The fraction of sp³-hybridized carbons (Fsp3) is 0.333. The van der Waals surface area contributed by atoms with Crippen LogP contribution in [0, 0.1) is 5.82 Å². The molecule has 12 heavy (non-hydrogen) atoms. The van der Waals surface area contributed by atoms with Crippen LogP contribution in [0.15, 0.2) is 24.3 Å². The number of halogens is 1. The van der Waals surface area contributed by atoms with Crippen LogP contribution in [0.5, 0.6) is 0 Å². The fourth-order valence-electron chi connectivity index (χ4n) is 1.28. The number of benzene rings is 1. The lowest BCUT2D eigenvalue weighted by Gasteiger charge is -2.08. The summed E-state index contributed by atoms with van der Waals surface area (Å²) in [7, 11) is 0. The minimum atomic E-state index is -0.165. The highest BCUT2D eigenvalue weighted by atomic mass is 32.2. The lowest BCUT2D eigenvalue weighted by Crippen LogP contribution is -2.11. The molecular formula is C9H10FNS. The van der Waals surface area contributed by atoms with Gasteiger partial charge in [-0.2, -0.15) is 0 Å². The van der Waals surface area contributed by atoms with Crippen LogP contribution in [0.1, 0.15) is 10.9 Å². The third-order valence-electron chi connectivity index (χ3n) is 1.89. The van der Waals surface area contributed by atoms with Crippen LogP contribution in [0.2, 0.25) is 0 Å². The van der Waals surface area contributed by atoms with E-state index in [2.05, 4.69) is 5.32 Å². The first-order valence-corrected chi connectivity index (χ1v) is 5.01. The van der Waals surface area contributed by atoms with Crippen molar-refractivity contribution in [2.45, 2.75) is 5.37 Å². The monoisotopic (exact) mass is 183 g/mol. The van der Waals surface area contributed by atoms with Crippen molar-refractivity contribution in [2.75, 3.05) is 12.3 Å². The maximum Gasteiger partial charge on any atom is 0.123 e. The zero-order valence-electron chi connectivity index (χ0n) is 6.59. The summed E-state index contributed by atoms with van der Waals surface area (Å²) in [6, 6.07) is 6.70. The summed E-state index contributed by atoms with van der Waals surface area (Å²) in [5.74, 6) is 0.976. The number of thioether (sulfide) groups is 1. The number of rotatable bonds is 1. The average Bonchev–Trinajstić information content (AvgIpc) is 2.58. The third kappa shape index (κ3) is 1.62. The first-order valence-electron chi connectivity index (χ1n) is 3.97. The zero-order chi connectivity index (χ0) is 8.39. The van der Waals surface area contributed by atoms with E-state index in [1.807, 2.05) is 23.9 Å². The van der Waals surface area contributed by atoms with Crippen LogP contribution in [0.25, 0.3) is 0 Å². The van der Waals surface area contributed by atoms with Crippen LogP contribution in [-0.2, 0) is 0 Å². The van der Waals surface area contributed by atoms with Gasteiger partial charge in [-0.25, -0.2) is 4.39 Å². The van der Waals surface area contributed by atoms with E-state index in [4.69, 9.17) is 0 Å². The Morgan fingerprint density at radius 3 is 2.67 bits per heavy atom. The molecule has 64 valence electrons. The highest BCUT2D eigenvalue weighted by Crippen LogP contribution is 2.29. The predicted octanol–water partition coefficient (Wildman–Crippen LogP) is 2.16. The molecule has 1 N–H and O–H groups in total. The van der Waals surface area contributed by atoms with Gasteiger partial charge in [-0.3, -0.25) is 0 Å². The lowest BCUT2D eigenvalue weighted by atomic mass is 10.2. The third-order valence-corrected chi connectivity index (χ3v) is 3.10. The van der Waals surface area contributed by atoms with E-state index < -0.39 is 0 Å². The molecule has 1 heterocycles. The zero-order valence-corrected chi connectivity index (χ0v) is 7.40. The summed E-state index contributed by atoms with van der Waals surface area (Å²) < 4.78 is 12.5. The molecule has 1 saturated heterocycles. The maximum atomic E-state index is 12.5. The van der Waals surface area contributed by atoms with Gasteiger partial charge in [0.2, 0.25) is 0 Å². The Kier molecular flexibility index (Phi) is 2.33. The van der Waals surface area contributed by atoms with Gasteiger partial charge < -0.3 is 5.32 Å². The Morgan fingerprint density at radius 2 is 2.08 bits per heavy atom. The molecule has 2 rings (SSSR count). The summed E-state index contributed by atoms with van der Waals surface area (Å²) in [4.78, 5) is 0. The molecule has 0 radical (unpaired) electrons. The average molecular weight is 183 g/mol. The molecule has 3 heteroatoms. The fourth-order valence-corrected chi connectivity index (χ4v) is 2.33. The normalized spacial score (nSPS) is 22.9. The second kappa shape index (κ2) is 3.46. The van der Waals surface area contributed by atoms with Crippen molar-refractivity contribution in [2.24, 2.45) is 0 Å². The molecule has 1 aliphatic rings. The number of hydrogen-bond acceptors (Lipinski definition) is 2. The van der Waals surface area contributed by atoms with Gasteiger partial charge >= 0.3 is 0 Å². The first kappa shape index (κ1) is 8.08. The smallest absolute Gasteiger partial charge is 0.123 e. The summed E-state index contributed by atoms with van der Waals surface area (Å²) in [5.41, 5.74) is 1.17. The van der Waals surface area contributed by atoms with Gasteiger partial charge in [0.15, 0.2) is 0 Å². The van der Waals surface area contributed by atoms with Crippen molar-refractivity contribution in [3.8, 4) is 0 Å². The van der Waals surface area contributed by atoms with E-state index in [-0.39, 0.29) is 5.82 Å². The van der Waals surface area contributed by atoms with Crippen molar-refractivity contribution >= 4 is 11.8 Å². The summed E-state index contributed by atoms with van der Waals surface area (Å²) >= 11 is 1.87. The van der Waals surface area contributed by atoms with Crippen LogP contribution < -0.4 is 5.32 Å².